The van der Waals surface area contributed by atoms with Gasteiger partial charge in [-0.25, -0.2) is 4.79 Å². The van der Waals surface area contributed by atoms with E-state index in [2.05, 4.69) is 5.32 Å². The Morgan fingerprint density at radius 1 is 1.62 bits per heavy atom. The molecule has 1 fully saturated rings. The van der Waals surface area contributed by atoms with Gasteiger partial charge < -0.3 is 10.4 Å². The van der Waals surface area contributed by atoms with Crippen molar-refractivity contribution in [3.8, 4) is 0 Å². The smallest absolute Gasteiger partial charge is 0.324 e. The van der Waals surface area contributed by atoms with Gasteiger partial charge in [0.15, 0.2) is 0 Å². The fourth-order valence-electron chi connectivity index (χ4n) is 1.40. The summed E-state index contributed by atoms with van der Waals surface area (Å²) in [6.07, 6.45) is 1.26. The number of imide groups is 1. The lowest BCUT2D eigenvalue weighted by molar-refractivity contribution is -0.126. The summed E-state index contributed by atoms with van der Waals surface area (Å²) in [6.45, 7) is 1.99. The molecule has 74 valence electrons. The number of carbonyl (C=O) groups excluding carboxylic acids is 2. The van der Waals surface area contributed by atoms with Crippen molar-refractivity contribution in [3.63, 3.8) is 0 Å². The summed E-state index contributed by atoms with van der Waals surface area (Å²) in [6, 6.07) is -0.447. The van der Waals surface area contributed by atoms with E-state index in [0.29, 0.717) is 12.8 Å². The molecule has 3 amide bonds. The molecular formula is C8H14N2O3. The highest BCUT2D eigenvalue weighted by molar-refractivity contribution is 6.02. The Bertz CT molecular complexity index is 201. The van der Waals surface area contributed by atoms with E-state index in [0.717, 1.165) is 0 Å². The summed E-state index contributed by atoms with van der Waals surface area (Å²) >= 11 is 0. The Morgan fingerprint density at radius 2 is 2.31 bits per heavy atom. The normalized spacial score (nSPS) is 19.1. The molecule has 0 aromatic rings. The average molecular weight is 186 g/mol. The number of hydrogen-bond donors (Lipinski definition) is 2. The molecular weight excluding hydrogens is 172 g/mol. The molecule has 0 saturated carbocycles. The van der Waals surface area contributed by atoms with Gasteiger partial charge in [0.2, 0.25) is 5.91 Å². The first-order valence-corrected chi connectivity index (χ1v) is 4.37. The second-order valence-electron chi connectivity index (χ2n) is 3.14. The van der Waals surface area contributed by atoms with Gasteiger partial charge in [-0.3, -0.25) is 9.69 Å². The van der Waals surface area contributed by atoms with E-state index in [1.54, 1.807) is 6.92 Å². The molecule has 0 bridgehead atoms. The first-order chi connectivity index (χ1) is 6.16. The van der Waals surface area contributed by atoms with E-state index in [4.69, 9.17) is 5.11 Å². The molecule has 1 unspecified atom stereocenters. The molecule has 0 spiro atoms. The van der Waals surface area contributed by atoms with Crippen molar-refractivity contribution in [2.24, 2.45) is 0 Å². The molecule has 1 heterocycles. The van der Waals surface area contributed by atoms with Crippen LogP contribution in [0.15, 0.2) is 0 Å². The quantitative estimate of drug-likeness (QED) is 0.592. The van der Waals surface area contributed by atoms with Crippen LogP contribution in [0.5, 0.6) is 0 Å². The summed E-state index contributed by atoms with van der Waals surface area (Å²) in [7, 11) is 0. The lowest BCUT2D eigenvalue weighted by Gasteiger charge is -2.20. The number of urea groups is 1. The second-order valence-corrected chi connectivity index (χ2v) is 3.14. The van der Waals surface area contributed by atoms with Gasteiger partial charge >= 0.3 is 6.03 Å². The van der Waals surface area contributed by atoms with E-state index < -0.39 is 0 Å². The number of carbonyl (C=O) groups is 2. The Hall–Kier alpha value is -1.10. The first kappa shape index (κ1) is 9.98. The fraction of sp³-hybridized carbons (Fsp3) is 0.750. The minimum atomic E-state index is -0.324. The van der Waals surface area contributed by atoms with Crippen LogP contribution in [0.1, 0.15) is 19.8 Å². The second kappa shape index (κ2) is 4.23. The third-order valence-corrected chi connectivity index (χ3v) is 2.10. The zero-order valence-corrected chi connectivity index (χ0v) is 7.62. The third kappa shape index (κ3) is 2.18. The maximum atomic E-state index is 11.2. The zero-order valence-electron chi connectivity index (χ0n) is 7.62. The molecule has 1 aliphatic heterocycles. The van der Waals surface area contributed by atoms with Crippen LogP contribution in [0, 0.1) is 0 Å². The van der Waals surface area contributed by atoms with Crippen molar-refractivity contribution >= 4 is 11.9 Å². The van der Waals surface area contributed by atoms with E-state index in [1.807, 2.05) is 0 Å². The number of rotatable bonds is 4. The van der Waals surface area contributed by atoms with Gasteiger partial charge in [0.25, 0.3) is 0 Å². The van der Waals surface area contributed by atoms with Gasteiger partial charge in [0.1, 0.15) is 0 Å². The van der Waals surface area contributed by atoms with E-state index in [1.165, 1.54) is 4.90 Å². The minimum absolute atomic E-state index is 0.0913. The molecule has 1 saturated heterocycles. The van der Waals surface area contributed by atoms with Crippen LogP contribution in [0.3, 0.4) is 0 Å². The summed E-state index contributed by atoms with van der Waals surface area (Å²) in [5, 5.41) is 11.0. The number of hydrogen-bond acceptors (Lipinski definition) is 3. The van der Waals surface area contributed by atoms with Gasteiger partial charge in [-0.2, -0.15) is 0 Å². The monoisotopic (exact) mass is 186 g/mol. The van der Waals surface area contributed by atoms with E-state index >= 15 is 0 Å². The van der Waals surface area contributed by atoms with Crippen molar-refractivity contribution in [2.75, 3.05) is 13.2 Å². The lowest BCUT2D eigenvalue weighted by Crippen LogP contribution is -2.38. The summed E-state index contributed by atoms with van der Waals surface area (Å²) in [5.74, 6) is -0.185. The average Bonchev–Trinajstić information content (AvgIpc) is 2.42. The Labute approximate surface area is 76.7 Å². The minimum Gasteiger partial charge on any atom is -0.396 e. The third-order valence-electron chi connectivity index (χ3n) is 2.10. The number of aliphatic hydroxyl groups is 1. The Kier molecular flexibility index (Phi) is 3.25. The van der Waals surface area contributed by atoms with Crippen LogP contribution in [0.4, 0.5) is 4.79 Å². The van der Waals surface area contributed by atoms with Gasteiger partial charge in [0.05, 0.1) is 6.54 Å². The maximum Gasteiger partial charge on any atom is 0.324 e. The summed E-state index contributed by atoms with van der Waals surface area (Å²) < 4.78 is 0. The number of nitrogens with zero attached hydrogens (tertiary/aromatic N) is 1. The van der Waals surface area contributed by atoms with Crippen LogP contribution in [-0.2, 0) is 4.79 Å². The predicted octanol–water partition coefficient (Wildman–Crippen LogP) is -0.301. The molecule has 1 rings (SSSR count). The van der Waals surface area contributed by atoms with Crippen LogP contribution in [0.2, 0.25) is 0 Å². The van der Waals surface area contributed by atoms with Crippen LogP contribution < -0.4 is 5.32 Å². The number of aliphatic hydroxyl groups excluding tert-OH is 1. The highest BCUT2D eigenvalue weighted by Gasteiger charge is 2.31. The number of nitrogens with one attached hydrogen (secondary N) is 1. The number of amides is 3. The van der Waals surface area contributed by atoms with Gasteiger partial charge in [-0.15, -0.1) is 0 Å². The van der Waals surface area contributed by atoms with Crippen molar-refractivity contribution in [1.82, 2.24) is 10.2 Å². The Balaban J connectivity index is 2.49. The molecule has 1 atom stereocenters. The lowest BCUT2D eigenvalue weighted by atomic mass is 10.1. The molecule has 0 radical (unpaired) electrons. The maximum absolute atomic E-state index is 11.2. The summed E-state index contributed by atoms with van der Waals surface area (Å²) in [5.41, 5.74) is 0. The first-order valence-electron chi connectivity index (χ1n) is 4.37. The fourth-order valence-corrected chi connectivity index (χ4v) is 1.40. The molecule has 2 N–H and O–H groups in total. The highest BCUT2D eigenvalue weighted by Crippen LogP contribution is 2.10. The highest BCUT2D eigenvalue weighted by atomic mass is 16.3. The van der Waals surface area contributed by atoms with Crippen molar-refractivity contribution in [2.45, 2.75) is 25.8 Å². The van der Waals surface area contributed by atoms with Gasteiger partial charge in [0, 0.05) is 12.6 Å². The van der Waals surface area contributed by atoms with E-state index in [9.17, 15) is 9.59 Å². The van der Waals surface area contributed by atoms with Crippen LogP contribution in [0.25, 0.3) is 0 Å². The topological polar surface area (TPSA) is 69.6 Å². The molecule has 0 aromatic carbocycles. The largest absolute Gasteiger partial charge is 0.396 e. The standard InChI is InChI=1S/C8H14N2O3/c1-6(3-2-4-11)10-7(12)5-9-8(10)13/h6,11H,2-5H2,1H3,(H,9,13). The summed E-state index contributed by atoms with van der Waals surface area (Å²) in [4.78, 5) is 23.5. The predicted molar refractivity (Wildman–Crippen MR) is 46.0 cm³/mol. The van der Waals surface area contributed by atoms with Crippen molar-refractivity contribution < 1.29 is 14.7 Å². The van der Waals surface area contributed by atoms with Gasteiger partial charge in [-0.05, 0) is 19.8 Å². The van der Waals surface area contributed by atoms with Crippen LogP contribution in [-0.4, -0.2) is 41.1 Å². The van der Waals surface area contributed by atoms with Gasteiger partial charge in [-0.1, -0.05) is 0 Å². The molecule has 13 heavy (non-hydrogen) atoms. The zero-order chi connectivity index (χ0) is 9.84. The Morgan fingerprint density at radius 3 is 2.77 bits per heavy atom. The van der Waals surface area contributed by atoms with Crippen molar-refractivity contribution in [1.29, 1.82) is 0 Å². The molecule has 5 nitrogen and oxygen atoms in total. The molecule has 1 aliphatic rings. The van der Waals surface area contributed by atoms with Crippen molar-refractivity contribution in [3.05, 3.63) is 0 Å². The molecule has 0 aromatic heterocycles. The SMILES string of the molecule is CC(CCCO)N1C(=O)CNC1=O. The van der Waals surface area contributed by atoms with E-state index in [-0.39, 0.29) is 31.1 Å². The molecule has 0 aliphatic carbocycles. The molecule has 5 heteroatoms. The van der Waals surface area contributed by atoms with Crippen LogP contribution >= 0.6 is 0 Å².